The predicted octanol–water partition coefficient (Wildman–Crippen LogP) is 5.93. The number of aromatic nitrogens is 2. The van der Waals surface area contributed by atoms with Crippen molar-refractivity contribution in [3.63, 3.8) is 0 Å². The highest BCUT2D eigenvalue weighted by Gasteiger charge is 2.20. The predicted molar refractivity (Wildman–Crippen MR) is 97.1 cm³/mol. The molecule has 0 aliphatic rings. The van der Waals surface area contributed by atoms with Crippen molar-refractivity contribution in [2.24, 2.45) is 0 Å². The largest absolute Gasteiger partial charge is 0.496 e. The van der Waals surface area contributed by atoms with E-state index in [1.807, 2.05) is 24.3 Å². The molecule has 2 heterocycles. The summed E-state index contributed by atoms with van der Waals surface area (Å²) in [6.07, 6.45) is 0. The first-order chi connectivity index (χ1) is 11.7. The van der Waals surface area contributed by atoms with Crippen LogP contribution in [0, 0.1) is 0 Å². The van der Waals surface area contributed by atoms with Crippen LogP contribution in [0.2, 0.25) is 10.0 Å². The molecule has 0 N–H and O–H groups in total. The standard InChI is InChI=1S/C17H10Cl2N2O2S/c1-22-12-7-6-9(18)8-11(12)16-20-17(23-21-16)15-14(19)10-4-2-3-5-13(10)24-15/h2-8H,1H3. The molecule has 4 rings (SSSR count). The van der Waals surface area contributed by atoms with Crippen LogP contribution >= 0.6 is 34.5 Å². The number of rotatable bonds is 3. The molecule has 0 aliphatic heterocycles. The van der Waals surface area contributed by atoms with E-state index in [9.17, 15) is 0 Å². The van der Waals surface area contributed by atoms with Crippen LogP contribution in [0.1, 0.15) is 0 Å². The number of hydrogen-bond donors (Lipinski definition) is 0. The molecule has 0 fully saturated rings. The fraction of sp³-hybridized carbons (Fsp3) is 0.0588. The molecular formula is C17H10Cl2N2O2S. The smallest absolute Gasteiger partial charge is 0.269 e. The van der Waals surface area contributed by atoms with E-state index in [1.54, 1.807) is 25.3 Å². The Morgan fingerprint density at radius 2 is 1.96 bits per heavy atom. The van der Waals surface area contributed by atoms with Gasteiger partial charge < -0.3 is 9.26 Å². The lowest BCUT2D eigenvalue weighted by Crippen LogP contribution is -1.89. The van der Waals surface area contributed by atoms with E-state index in [1.165, 1.54) is 11.3 Å². The first kappa shape index (κ1) is 15.4. The molecule has 0 spiro atoms. The summed E-state index contributed by atoms with van der Waals surface area (Å²) < 4.78 is 11.8. The van der Waals surface area contributed by atoms with Crippen molar-refractivity contribution in [3.05, 3.63) is 52.5 Å². The van der Waals surface area contributed by atoms with E-state index in [-0.39, 0.29) is 0 Å². The minimum atomic E-state index is 0.373. The number of benzene rings is 2. The van der Waals surface area contributed by atoms with Crippen molar-refractivity contribution in [2.75, 3.05) is 7.11 Å². The summed E-state index contributed by atoms with van der Waals surface area (Å²) in [5, 5.41) is 6.20. The van der Waals surface area contributed by atoms with Crippen molar-refractivity contribution < 1.29 is 9.26 Å². The van der Waals surface area contributed by atoms with Crippen LogP contribution in [0.4, 0.5) is 0 Å². The van der Waals surface area contributed by atoms with E-state index >= 15 is 0 Å². The van der Waals surface area contributed by atoms with Gasteiger partial charge in [-0.1, -0.05) is 46.6 Å². The average molecular weight is 377 g/mol. The molecule has 120 valence electrons. The number of hydrogen-bond acceptors (Lipinski definition) is 5. The number of methoxy groups -OCH3 is 1. The van der Waals surface area contributed by atoms with Crippen molar-refractivity contribution in [1.82, 2.24) is 10.1 Å². The van der Waals surface area contributed by atoms with Crippen LogP contribution in [0.5, 0.6) is 5.75 Å². The molecule has 7 heteroatoms. The van der Waals surface area contributed by atoms with Gasteiger partial charge in [0.05, 0.1) is 17.7 Å². The van der Waals surface area contributed by atoms with Crippen LogP contribution in [0.3, 0.4) is 0 Å². The van der Waals surface area contributed by atoms with Gasteiger partial charge in [0.2, 0.25) is 5.82 Å². The fourth-order valence-corrected chi connectivity index (χ4v) is 4.04. The Morgan fingerprint density at radius 1 is 1.12 bits per heavy atom. The molecule has 4 aromatic rings. The summed E-state index contributed by atoms with van der Waals surface area (Å²) in [5.74, 6) is 1.39. The third-order valence-corrected chi connectivity index (χ3v) is 5.46. The average Bonchev–Trinajstić information content (AvgIpc) is 3.20. The minimum absolute atomic E-state index is 0.373. The van der Waals surface area contributed by atoms with Crippen LogP contribution in [-0.4, -0.2) is 17.3 Å². The molecule has 2 aromatic heterocycles. The van der Waals surface area contributed by atoms with Gasteiger partial charge in [-0.05, 0) is 24.3 Å². The highest BCUT2D eigenvalue weighted by molar-refractivity contribution is 7.23. The highest BCUT2D eigenvalue weighted by atomic mass is 35.5. The Kier molecular flexibility index (Phi) is 3.92. The summed E-state index contributed by atoms with van der Waals surface area (Å²) in [7, 11) is 1.58. The second kappa shape index (κ2) is 6.09. The van der Waals surface area contributed by atoms with E-state index in [0.717, 1.165) is 15.0 Å². The van der Waals surface area contributed by atoms with Gasteiger partial charge in [-0.3, -0.25) is 0 Å². The molecule has 0 unspecified atom stereocenters. The second-order valence-electron chi connectivity index (χ2n) is 5.01. The van der Waals surface area contributed by atoms with Gasteiger partial charge in [0.1, 0.15) is 10.6 Å². The Labute approximate surface area is 151 Å². The van der Waals surface area contributed by atoms with Gasteiger partial charge >= 0.3 is 0 Å². The Hall–Kier alpha value is -2.08. The maximum atomic E-state index is 6.47. The van der Waals surface area contributed by atoms with Crippen LogP contribution in [0.15, 0.2) is 47.0 Å². The minimum Gasteiger partial charge on any atom is -0.496 e. The lowest BCUT2D eigenvalue weighted by atomic mass is 10.2. The Morgan fingerprint density at radius 3 is 2.75 bits per heavy atom. The van der Waals surface area contributed by atoms with Crippen LogP contribution in [-0.2, 0) is 0 Å². The van der Waals surface area contributed by atoms with Crippen molar-refractivity contribution >= 4 is 44.6 Å². The molecule has 0 radical (unpaired) electrons. The summed E-state index contributed by atoms with van der Waals surface area (Å²) >= 11 is 14.0. The number of thiophene rings is 1. The zero-order valence-electron chi connectivity index (χ0n) is 12.4. The maximum Gasteiger partial charge on any atom is 0.269 e. The third-order valence-electron chi connectivity index (χ3n) is 3.56. The van der Waals surface area contributed by atoms with Crippen molar-refractivity contribution in [3.8, 4) is 27.9 Å². The number of nitrogens with zero attached hydrogens (tertiary/aromatic N) is 2. The zero-order valence-corrected chi connectivity index (χ0v) is 14.7. The lowest BCUT2D eigenvalue weighted by Gasteiger charge is -2.04. The van der Waals surface area contributed by atoms with Gasteiger partial charge in [0.15, 0.2) is 0 Å². The van der Waals surface area contributed by atoms with Gasteiger partial charge in [-0.2, -0.15) is 4.98 Å². The molecule has 24 heavy (non-hydrogen) atoms. The molecule has 0 aliphatic carbocycles. The number of ether oxygens (including phenoxy) is 1. The summed E-state index contributed by atoms with van der Waals surface area (Å²) in [5.41, 5.74) is 0.664. The fourth-order valence-electron chi connectivity index (χ4n) is 2.43. The van der Waals surface area contributed by atoms with Crippen molar-refractivity contribution in [2.45, 2.75) is 0 Å². The summed E-state index contributed by atoms with van der Waals surface area (Å²) in [4.78, 5) is 5.21. The lowest BCUT2D eigenvalue weighted by molar-refractivity contribution is 0.413. The molecule has 2 aromatic carbocycles. The van der Waals surface area contributed by atoms with Gasteiger partial charge in [0, 0.05) is 15.1 Å². The van der Waals surface area contributed by atoms with Gasteiger partial charge in [-0.15, -0.1) is 11.3 Å². The van der Waals surface area contributed by atoms with Crippen molar-refractivity contribution in [1.29, 1.82) is 0 Å². The van der Waals surface area contributed by atoms with E-state index in [2.05, 4.69) is 10.1 Å². The summed E-state index contributed by atoms with van der Waals surface area (Å²) in [6.45, 7) is 0. The molecular weight excluding hydrogens is 367 g/mol. The van der Waals surface area contributed by atoms with E-state index < -0.39 is 0 Å². The van der Waals surface area contributed by atoms with E-state index in [4.69, 9.17) is 32.5 Å². The second-order valence-corrected chi connectivity index (χ2v) is 6.88. The monoisotopic (exact) mass is 376 g/mol. The SMILES string of the molecule is COc1ccc(Cl)cc1-c1noc(-c2sc3ccccc3c2Cl)n1. The van der Waals surface area contributed by atoms with Crippen LogP contribution in [0.25, 0.3) is 32.2 Å². The third kappa shape index (κ3) is 2.55. The maximum absolute atomic E-state index is 6.47. The first-order valence-electron chi connectivity index (χ1n) is 7.02. The van der Waals surface area contributed by atoms with Gasteiger partial charge in [0.25, 0.3) is 5.89 Å². The van der Waals surface area contributed by atoms with E-state index in [0.29, 0.717) is 33.1 Å². The topological polar surface area (TPSA) is 48.2 Å². The zero-order chi connectivity index (χ0) is 16.7. The van der Waals surface area contributed by atoms with Crippen LogP contribution < -0.4 is 4.74 Å². The Balaban J connectivity index is 1.83. The molecule has 0 amide bonds. The molecule has 0 atom stereocenters. The Bertz CT molecular complexity index is 1040. The molecule has 0 saturated carbocycles. The first-order valence-corrected chi connectivity index (χ1v) is 8.59. The molecule has 4 nitrogen and oxygen atoms in total. The summed E-state index contributed by atoms with van der Waals surface area (Å²) in [6, 6.07) is 13.1. The quantitative estimate of drug-likeness (QED) is 0.444. The van der Waals surface area contributed by atoms with Gasteiger partial charge in [-0.25, -0.2) is 0 Å². The molecule has 0 saturated heterocycles. The normalized spacial score (nSPS) is 11.1. The molecule has 0 bridgehead atoms. The number of fused-ring (bicyclic) bond motifs is 1. The highest BCUT2D eigenvalue weighted by Crippen LogP contribution is 2.42. The number of halogens is 2.